The van der Waals surface area contributed by atoms with Gasteiger partial charge in [-0.3, -0.25) is 4.79 Å². The SMILES string of the molecule is C=Cc1ccc(C(C)=O)cc1O. The molecule has 1 aromatic rings. The summed E-state index contributed by atoms with van der Waals surface area (Å²) in [6, 6.07) is 4.78. The Morgan fingerprint density at radius 3 is 2.67 bits per heavy atom. The van der Waals surface area contributed by atoms with Crippen LogP contribution in [0.1, 0.15) is 22.8 Å². The number of rotatable bonds is 2. The van der Waals surface area contributed by atoms with Crippen LogP contribution in [-0.4, -0.2) is 10.9 Å². The summed E-state index contributed by atoms with van der Waals surface area (Å²) in [5.41, 5.74) is 1.15. The zero-order valence-electron chi connectivity index (χ0n) is 6.87. The third-order valence-corrected chi connectivity index (χ3v) is 1.66. The van der Waals surface area contributed by atoms with Crippen molar-refractivity contribution in [3.05, 3.63) is 35.9 Å². The summed E-state index contributed by atoms with van der Waals surface area (Å²) in [6.07, 6.45) is 1.54. The summed E-state index contributed by atoms with van der Waals surface area (Å²) >= 11 is 0. The molecule has 62 valence electrons. The van der Waals surface area contributed by atoms with Crippen molar-refractivity contribution in [3.63, 3.8) is 0 Å². The Kier molecular flexibility index (Phi) is 2.29. The van der Waals surface area contributed by atoms with Crippen LogP contribution >= 0.6 is 0 Å². The molecule has 12 heavy (non-hydrogen) atoms. The van der Waals surface area contributed by atoms with Crippen molar-refractivity contribution in [2.24, 2.45) is 0 Å². The summed E-state index contributed by atoms with van der Waals surface area (Å²) in [5, 5.41) is 9.32. The van der Waals surface area contributed by atoms with Crippen LogP contribution in [0.3, 0.4) is 0 Å². The molecule has 0 aliphatic heterocycles. The first-order valence-corrected chi connectivity index (χ1v) is 3.61. The molecule has 0 bridgehead atoms. The van der Waals surface area contributed by atoms with Gasteiger partial charge in [-0.1, -0.05) is 24.8 Å². The van der Waals surface area contributed by atoms with E-state index < -0.39 is 0 Å². The fraction of sp³-hybridized carbons (Fsp3) is 0.100. The minimum Gasteiger partial charge on any atom is -0.507 e. The first-order chi connectivity index (χ1) is 5.65. The second-order valence-electron chi connectivity index (χ2n) is 2.53. The number of phenols is 1. The maximum absolute atomic E-state index is 10.9. The van der Waals surface area contributed by atoms with E-state index in [2.05, 4.69) is 6.58 Å². The second-order valence-corrected chi connectivity index (χ2v) is 2.53. The van der Waals surface area contributed by atoms with Crippen LogP contribution in [0.25, 0.3) is 6.08 Å². The van der Waals surface area contributed by atoms with Crippen LogP contribution in [0.4, 0.5) is 0 Å². The molecule has 0 unspecified atom stereocenters. The molecule has 0 heterocycles. The van der Waals surface area contributed by atoms with Crippen LogP contribution < -0.4 is 0 Å². The summed E-state index contributed by atoms with van der Waals surface area (Å²) < 4.78 is 0. The lowest BCUT2D eigenvalue weighted by atomic mass is 10.1. The molecule has 0 aliphatic rings. The number of hydrogen-bond acceptors (Lipinski definition) is 2. The molecule has 1 aromatic carbocycles. The smallest absolute Gasteiger partial charge is 0.159 e. The molecule has 0 aliphatic carbocycles. The highest BCUT2D eigenvalue weighted by atomic mass is 16.3. The third kappa shape index (κ3) is 1.53. The van der Waals surface area contributed by atoms with Gasteiger partial charge in [0.2, 0.25) is 0 Å². The van der Waals surface area contributed by atoms with E-state index in [-0.39, 0.29) is 11.5 Å². The molecular formula is C10H10O2. The Hall–Kier alpha value is -1.57. The molecule has 1 N–H and O–H groups in total. The molecule has 0 atom stereocenters. The minimum absolute atomic E-state index is 0.0547. The number of carbonyl (C=O) groups is 1. The van der Waals surface area contributed by atoms with Crippen molar-refractivity contribution in [1.29, 1.82) is 0 Å². The van der Waals surface area contributed by atoms with Gasteiger partial charge in [0, 0.05) is 11.1 Å². The van der Waals surface area contributed by atoms with E-state index in [9.17, 15) is 9.90 Å². The van der Waals surface area contributed by atoms with Gasteiger partial charge in [-0.15, -0.1) is 0 Å². The number of benzene rings is 1. The minimum atomic E-state index is -0.0547. The Balaban J connectivity index is 3.18. The molecule has 0 fully saturated rings. The predicted molar refractivity (Wildman–Crippen MR) is 48.2 cm³/mol. The molecular weight excluding hydrogens is 152 g/mol. The topological polar surface area (TPSA) is 37.3 Å². The van der Waals surface area contributed by atoms with Crippen LogP contribution in [0.5, 0.6) is 5.75 Å². The molecule has 0 radical (unpaired) electrons. The van der Waals surface area contributed by atoms with Gasteiger partial charge < -0.3 is 5.11 Å². The standard InChI is InChI=1S/C10H10O2/c1-3-8-4-5-9(7(2)11)6-10(8)12/h3-6,12H,1H2,2H3. The second kappa shape index (κ2) is 3.22. The Morgan fingerprint density at radius 2 is 2.25 bits per heavy atom. The zero-order valence-corrected chi connectivity index (χ0v) is 6.87. The normalized spacial score (nSPS) is 9.42. The van der Waals surface area contributed by atoms with Gasteiger partial charge in [-0.05, 0) is 13.0 Å². The highest BCUT2D eigenvalue weighted by molar-refractivity contribution is 5.94. The first-order valence-electron chi connectivity index (χ1n) is 3.61. The maximum atomic E-state index is 10.9. The fourth-order valence-electron chi connectivity index (χ4n) is 0.935. The quantitative estimate of drug-likeness (QED) is 0.677. The van der Waals surface area contributed by atoms with Gasteiger partial charge in [0.1, 0.15) is 5.75 Å². The molecule has 0 amide bonds. The number of phenolic OH excluding ortho intramolecular Hbond substituents is 1. The van der Waals surface area contributed by atoms with Crippen LogP contribution in [0.2, 0.25) is 0 Å². The average Bonchev–Trinajstić information content (AvgIpc) is 2.04. The first kappa shape index (κ1) is 8.53. The van der Waals surface area contributed by atoms with Crippen LogP contribution in [-0.2, 0) is 0 Å². The Morgan fingerprint density at radius 1 is 1.58 bits per heavy atom. The van der Waals surface area contributed by atoms with Gasteiger partial charge in [0.25, 0.3) is 0 Å². The van der Waals surface area contributed by atoms with Crippen LogP contribution in [0, 0.1) is 0 Å². The van der Waals surface area contributed by atoms with Crippen molar-refractivity contribution in [2.45, 2.75) is 6.92 Å². The summed E-state index contributed by atoms with van der Waals surface area (Å²) in [7, 11) is 0. The van der Waals surface area contributed by atoms with E-state index in [4.69, 9.17) is 0 Å². The molecule has 0 spiro atoms. The van der Waals surface area contributed by atoms with Crippen molar-refractivity contribution in [1.82, 2.24) is 0 Å². The number of ketones is 1. The number of Topliss-reactive ketones (excluding diaryl/α,β-unsaturated/α-hetero) is 1. The lowest BCUT2D eigenvalue weighted by Crippen LogP contribution is -1.91. The van der Waals surface area contributed by atoms with E-state index in [1.54, 1.807) is 18.2 Å². The molecule has 2 nitrogen and oxygen atoms in total. The summed E-state index contributed by atoms with van der Waals surface area (Å²) in [4.78, 5) is 10.9. The van der Waals surface area contributed by atoms with Gasteiger partial charge in [-0.2, -0.15) is 0 Å². The van der Waals surface area contributed by atoms with Crippen molar-refractivity contribution in [3.8, 4) is 5.75 Å². The van der Waals surface area contributed by atoms with E-state index >= 15 is 0 Å². The lowest BCUT2D eigenvalue weighted by molar-refractivity contribution is 0.101. The molecule has 2 heteroatoms. The van der Waals surface area contributed by atoms with Gasteiger partial charge in [0.15, 0.2) is 5.78 Å². The third-order valence-electron chi connectivity index (χ3n) is 1.66. The number of aromatic hydroxyl groups is 1. The fourth-order valence-corrected chi connectivity index (χ4v) is 0.935. The van der Waals surface area contributed by atoms with E-state index in [1.807, 2.05) is 0 Å². The van der Waals surface area contributed by atoms with Crippen molar-refractivity contribution >= 4 is 11.9 Å². The summed E-state index contributed by atoms with van der Waals surface area (Å²) in [5.74, 6) is 0.0404. The highest BCUT2D eigenvalue weighted by Gasteiger charge is 2.02. The van der Waals surface area contributed by atoms with Crippen molar-refractivity contribution in [2.75, 3.05) is 0 Å². The van der Waals surface area contributed by atoms with Crippen molar-refractivity contribution < 1.29 is 9.90 Å². The monoisotopic (exact) mass is 162 g/mol. The van der Waals surface area contributed by atoms with Gasteiger partial charge >= 0.3 is 0 Å². The van der Waals surface area contributed by atoms with E-state index in [0.717, 1.165) is 0 Å². The average molecular weight is 162 g/mol. The van der Waals surface area contributed by atoms with Gasteiger partial charge in [-0.25, -0.2) is 0 Å². The maximum Gasteiger partial charge on any atom is 0.159 e. The molecule has 0 saturated heterocycles. The summed E-state index contributed by atoms with van der Waals surface area (Å²) in [6.45, 7) is 4.98. The number of carbonyl (C=O) groups excluding carboxylic acids is 1. The predicted octanol–water partition coefficient (Wildman–Crippen LogP) is 2.24. The largest absolute Gasteiger partial charge is 0.507 e. The molecule has 0 saturated carbocycles. The molecule has 1 rings (SSSR count). The highest BCUT2D eigenvalue weighted by Crippen LogP contribution is 2.19. The number of hydrogen-bond donors (Lipinski definition) is 1. The van der Waals surface area contributed by atoms with Crippen LogP contribution in [0.15, 0.2) is 24.8 Å². The van der Waals surface area contributed by atoms with E-state index in [1.165, 1.54) is 13.0 Å². The Labute approximate surface area is 71.2 Å². The molecule has 0 aromatic heterocycles. The zero-order chi connectivity index (χ0) is 9.14. The van der Waals surface area contributed by atoms with Gasteiger partial charge in [0.05, 0.1) is 0 Å². The Bertz CT molecular complexity index is 327. The lowest BCUT2D eigenvalue weighted by Gasteiger charge is -2.00. The van der Waals surface area contributed by atoms with E-state index in [0.29, 0.717) is 11.1 Å².